The lowest BCUT2D eigenvalue weighted by molar-refractivity contribution is 0.150. The number of halogens is 2. The molecular weight excluding hydrogens is 490 g/mol. The third-order valence-electron chi connectivity index (χ3n) is 5.16. The minimum Gasteiger partial charge on any atom is -0.467 e. The zero-order valence-corrected chi connectivity index (χ0v) is 18.9. The Balaban J connectivity index is 1.73. The number of alkyl halides is 2. The molecule has 1 fully saturated rings. The van der Waals surface area contributed by atoms with Crippen molar-refractivity contribution in [2.45, 2.75) is 29.7 Å². The van der Waals surface area contributed by atoms with E-state index in [4.69, 9.17) is 4.74 Å². The summed E-state index contributed by atoms with van der Waals surface area (Å²) in [5, 5.41) is 20.8. The summed E-state index contributed by atoms with van der Waals surface area (Å²) in [7, 11) is -2.74. The van der Waals surface area contributed by atoms with Crippen LogP contribution in [0.1, 0.15) is 24.3 Å². The van der Waals surface area contributed by atoms with Crippen LogP contribution in [0.4, 0.5) is 8.78 Å². The lowest BCUT2D eigenvalue weighted by Gasteiger charge is -2.13. The van der Waals surface area contributed by atoms with E-state index in [9.17, 15) is 22.5 Å². The molecule has 1 aliphatic carbocycles. The van der Waals surface area contributed by atoms with Gasteiger partial charge < -0.3 is 4.74 Å². The average molecular weight is 505 g/mol. The molecule has 11 nitrogen and oxygen atoms in total. The van der Waals surface area contributed by atoms with Gasteiger partial charge in [0.15, 0.2) is 5.01 Å². The molecule has 1 saturated carbocycles. The predicted octanol–water partition coefficient (Wildman–Crippen LogP) is 2.61. The first-order valence-corrected chi connectivity index (χ1v) is 12.0. The molecule has 1 N–H and O–H groups in total. The fourth-order valence-electron chi connectivity index (χ4n) is 3.29. The molecule has 0 unspecified atom stereocenters. The fraction of sp³-hybridized carbons (Fsp3) is 0.263. The van der Waals surface area contributed by atoms with Crippen LogP contribution in [0, 0.1) is 11.3 Å². The van der Waals surface area contributed by atoms with Crippen molar-refractivity contribution in [1.29, 1.82) is 5.26 Å². The summed E-state index contributed by atoms with van der Waals surface area (Å²) in [4.78, 5) is 8.09. The third kappa shape index (κ3) is 3.85. The standard InChI is InChI=1S/C19H14F2N8O3S2/c1-32-17-23-5-2-13(25-17)11-6-10(34(30,31)28-19(9-22)3-4-19)7-14-12(11)8-24-29(14)18-27-26-16(33-18)15(20)21/h2,5-8,15,28H,3-4H2,1H3. The van der Waals surface area contributed by atoms with Gasteiger partial charge in [-0.1, -0.05) is 11.3 Å². The first kappa shape index (κ1) is 22.2. The van der Waals surface area contributed by atoms with Gasteiger partial charge in [0.2, 0.25) is 15.2 Å². The number of ether oxygens (including phenoxy) is 1. The molecule has 1 aliphatic rings. The number of nitriles is 1. The summed E-state index contributed by atoms with van der Waals surface area (Å²) in [5.41, 5.74) is -0.141. The van der Waals surface area contributed by atoms with Gasteiger partial charge in [0.05, 0.1) is 35.5 Å². The van der Waals surface area contributed by atoms with Crippen molar-refractivity contribution in [3.63, 3.8) is 0 Å². The summed E-state index contributed by atoms with van der Waals surface area (Å²) >= 11 is 0.633. The summed E-state index contributed by atoms with van der Waals surface area (Å²) in [6, 6.07) is 6.36. The molecule has 4 aromatic rings. The quantitative estimate of drug-likeness (QED) is 0.401. The molecule has 0 saturated heterocycles. The van der Waals surface area contributed by atoms with Gasteiger partial charge in [0, 0.05) is 17.1 Å². The van der Waals surface area contributed by atoms with E-state index in [0.29, 0.717) is 40.8 Å². The molecule has 0 atom stereocenters. The molecule has 0 radical (unpaired) electrons. The van der Waals surface area contributed by atoms with Crippen LogP contribution in [-0.2, 0) is 10.0 Å². The second kappa shape index (κ2) is 8.01. The van der Waals surface area contributed by atoms with Crippen LogP contribution in [-0.4, -0.2) is 51.0 Å². The van der Waals surface area contributed by atoms with Crippen LogP contribution in [0.15, 0.2) is 35.5 Å². The van der Waals surface area contributed by atoms with Crippen LogP contribution >= 0.6 is 11.3 Å². The molecule has 3 aromatic heterocycles. The van der Waals surface area contributed by atoms with E-state index in [2.05, 4.69) is 30.0 Å². The molecule has 0 aliphatic heterocycles. The summed E-state index contributed by atoms with van der Waals surface area (Å²) in [6.07, 6.45) is 0.897. The Labute approximate surface area is 195 Å². The number of benzene rings is 1. The van der Waals surface area contributed by atoms with Crippen molar-refractivity contribution >= 4 is 32.3 Å². The highest BCUT2D eigenvalue weighted by Crippen LogP contribution is 2.38. The van der Waals surface area contributed by atoms with Crippen molar-refractivity contribution in [2.75, 3.05) is 7.11 Å². The highest BCUT2D eigenvalue weighted by atomic mass is 32.2. The Hall–Kier alpha value is -3.61. The zero-order chi connectivity index (χ0) is 24.1. The normalized spacial score (nSPS) is 14.9. The number of rotatable bonds is 7. The highest BCUT2D eigenvalue weighted by Gasteiger charge is 2.47. The van der Waals surface area contributed by atoms with Gasteiger partial charge >= 0.3 is 6.01 Å². The largest absolute Gasteiger partial charge is 0.467 e. The molecule has 5 rings (SSSR count). The van der Waals surface area contributed by atoms with Crippen LogP contribution < -0.4 is 9.46 Å². The first-order valence-electron chi connectivity index (χ1n) is 9.72. The third-order valence-corrected chi connectivity index (χ3v) is 7.58. The Morgan fingerprint density at radius 1 is 1.32 bits per heavy atom. The van der Waals surface area contributed by atoms with Gasteiger partial charge in [-0.2, -0.15) is 20.1 Å². The summed E-state index contributed by atoms with van der Waals surface area (Å²) < 4.78 is 61.2. The van der Waals surface area contributed by atoms with Crippen molar-refractivity contribution in [3.8, 4) is 28.5 Å². The highest BCUT2D eigenvalue weighted by molar-refractivity contribution is 7.89. The van der Waals surface area contributed by atoms with E-state index in [1.165, 1.54) is 36.3 Å². The van der Waals surface area contributed by atoms with Crippen molar-refractivity contribution < 1.29 is 21.9 Å². The second-order valence-electron chi connectivity index (χ2n) is 7.41. The molecule has 34 heavy (non-hydrogen) atoms. The zero-order valence-electron chi connectivity index (χ0n) is 17.3. The van der Waals surface area contributed by atoms with Crippen molar-refractivity contribution in [1.82, 2.24) is 34.7 Å². The minimum atomic E-state index is -4.13. The topological polar surface area (TPSA) is 149 Å². The second-order valence-corrected chi connectivity index (χ2v) is 10.1. The predicted molar refractivity (Wildman–Crippen MR) is 115 cm³/mol. The number of nitrogens with zero attached hydrogens (tertiary/aromatic N) is 7. The molecule has 3 heterocycles. The van der Waals surface area contributed by atoms with Crippen molar-refractivity contribution in [2.24, 2.45) is 0 Å². The van der Waals surface area contributed by atoms with Gasteiger partial charge in [-0.25, -0.2) is 26.9 Å². The molecule has 0 spiro atoms. The van der Waals surface area contributed by atoms with Gasteiger partial charge in [0.1, 0.15) is 5.54 Å². The van der Waals surface area contributed by atoms with E-state index in [1.807, 2.05) is 6.07 Å². The Morgan fingerprint density at radius 3 is 2.76 bits per heavy atom. The van der Waals surface area contributed by atoms with Gasteiger partial charge in [0.25, 0.3) is 6.43 Å². The minimum absolute atomic E-state index is 0.0368. The Morgan fingerprint density at radius 2 is 2.12 bits per heavy atom. The van der Waals surface area contributed by atoms with E-state index in [0.717, 1.165) is 0 Å². The van der Waals surface area contributed by atoms with Crippen LogP contribution in [0.25, 0.3) is 27.3 Å². The van der Waals surface area contributed by atoms with Crippen molar-refractivity contribution in [3.05, 3.63) is 35.6 Å². The first-order chi connectivity index (χ1) is 16.2. The van der Waals surface area contributed by atoms with Gasteiger partial charge in [-0.05, 0) is 31.0 Å². The molecule has 1 aromatic carbocycles. The number of aromatic nitrogens is 6. The number of sulfonamides is 1. The lowest BCUT2D eigenvalue weighted by Crippen LogP contribution is -2.35. The molecule has 15 heteroatoms. The molecule has 174 valence electrons. The van der Waals surface area contributed by atoms with E-state index >= 15 is 0 Å². The smallest absolute Gasteiger partial charge is 0.316 e. The number of nitrogens with one attached hydrogen (secondary N) is 1. The van der Waals surface area contributed by atoms with E-state index in [-0.39, 0.29) is 21.6 Å². The van der Waals surface area contributed by atoms with Gasteiger partial charge in [-0.15, -0.1) is 10.2 Å². The molecule has 0 amide bonds. The summed E-state index contributed by atoms with van der Waals surface area (Å²) in [6.45, 7) is 0. The molecule has 0 bridgehead atoms. The number of hydrogen-bond donors (Lipinski definition) is 1. The average Bonchev–Trinajstić information content (AvgIpc) is 3.22. The number of methoxy groups -OCH3 is 1. The maximum absolute atomic E-state index is 13.2. The van der Waals surface area contributed by atoms with E-state index < -0.39 is 27.0 Å². The lowest BCUT2D eigenvalue weighted by atomic mass is 10.1. The van der Waals surface area contributed by atoms with Gasteiger partial charge in [-0.3, -0.25) is 0 Å². The number of fused-ring (bicyclic) bond motifs is 1. The SMILES string of the molecule is COc1nccc(-c2cc(S(=O)(=O)NC3(C#N)CC3)cc3c2cnn3-c2nnc(C(F)F)s2)n1. The Bertz CT molecular complexity index is 1560. The van der Waals surface area contributed by atoms with E-state index in [1.54, 1.807) is 6.07 Å². The monoisotopic (exact) mass is 504 g/mol. The molecular formula is C19H14F2N8O3S2. The fourth-order valence-corrected chi connectivity index (χ4v) is 5.38. The van der Waals surface area contributed by atoms with Crippen LogP contribution in [0.3, 0.4) is 0 Å². The van der Waals surface area contributed by atoms with Crippen LogP contribution in [0.2, 0.25) is 0 Å². The van der Waals surface area contributed by atoms with Crippen LogP contribution in [0.5, 0.6) is 6.01 Å². The Kier molecular flexibility index (Phi) is 5.23. The number of hydrogen-bond acceptors (Lipinski definition) is 10. The maximum Gasteiger partial charge on any atom is 0.316 e. The summed E-state index contributed by atoms with van der Waals surface area (Å²) in [5.74, 6) is 0. The maximum atomic E-state index is 13.2.